The maximum absolute atomic E-state index is 13.7. The first-order valence-corrected chi connectivity index (χ1v) is 6.06. The van der Waals surface area contributed by atoms with Gasteiger partial charge in [0, 0.05) is 12.6 Å². The molecule has 1 aliphatic heterocycles. The van der Waals surface area contributed by atoms with Gasteiger partial charge in [-0.15, -0.1) is 0 Å². The second-order valence-electron chi connectivity index (χ2n) is 5.13. The highest BCUT2D eigenvalue weighted by atomic mass is 19.1. The van der Waals surface area contributed by atoms with Gasteiger partial charge in [0.1, 0.15) is 5.82 Å². The summed E-state index contributed by atoms with van der Waals surface area (Å²) in [5, 5.41) is 0. The molecule has 0 aliphatic carbocycles. The molecule has 0 saturated carbocycles. The molecule has 0 radical (unpaired) electrons. The summed E-state index contributed by atoms with van der Waals surface area (Å²) in [7, 11) is 0. The molecule has 1 heterocycles. The molecule has 0 aromatic heterocycles. The number of aryl methyl sites for hydroxylation is 1. The van der Waals surface area contributed by atoms with Crippen molar-refractivity contribution in [3.63, 3.8) is 0 Å². The number of amides is 1. The van der Waals surface area contributed by atoms with Crippen molar-refractivity contribution in [2.45, 2.75) is 33.2 Å². The Kier molecular flexibility index (Phi) is 3.18. The predicted molar refractivity (Wildman–Crippen MR) is 65.4 cm³/mol. The zero-order valence-electron chi connectivity index (χ0n) is 10.5. The molecule has 2 atom stereocenters. The van der Waals surface area contributed by atoms with Gasteiger partial charge in [0.25, 0.3) is 5.91 Å². The predicted octanol–water partition coefficient (Wildman–Crippen LogP) is 3.00. The fraction of sp³-hybridized carbons (Fsp3) is 0.500. The first-order chi connectivity index (χ1) is 7.99. The summed E-state index contributed by atoms with van der Waals surface area (Å²) >= 11 is 0. The third kappa shape index (κ3) is 2.33. The molecule has 1 aromatic carbocycles. The lowest BCUT2D eigenvalue weighted by molar-refractivity contribution is 0.0739. The van der Waals surface area contributed by atoms with E-state index in [-0.39, 0.29) is 17.5 Å². The minimum atomic E-state index is -0.424. The molecule has 0 bridgehead atoms. The first kappa shape index (κ1) is 12.1. The van der Waals surface area contributed by atoms with E-state index in [1.807, 2.05) is 13.8 Å². The summed E-state index contributed by atoms with van der Waals surface area (Å²) in [4.78, 5) is 14.0. The molecule has 2 rings (SSSR count). The first-order valence-electron chi connectivity index (χ1n) is 6.06. The summed E-state index contributed by atoms with van der Waals surface area (Å²) in [6.07, 6.45) is 0.999. The van der Waals surface area contributed by atoms with Crippen LogP contribution in [-0.4, -0.2) is 23.4 Å². The van der Waals surface area contributed by atoms with Gasteiger partial charge in [0.15, 0.2) is 0 Å². The number of benzene rings is 1. The highest BCUT2D eigenvalue weighted by molar-refractivity contribution is 5.95. The summed E-state index contributed by atoms with van der Waals surface area (Å²) in [5.41, 5.74) is 1.11. The van der Waals surface area contributed by atoms with Gasteiger partial charge < -0.3 is 4.90 Å². The van der Waals surface area contributed by atoms with Gasteiger partial charge in [-0.2, -0.15) is 0 Å². The van der Waals surface area contributed by atoms with Gasteiger partial charge in [-0.3, -0.25) is 4.79 Å². The third-order valence-electron chi connectivity index (χ3n) is 3.40. The number of rotatable bonds is 1. The minimum Gasteiger partial charge on any atom is -0.336 e. The van der Waals surface area contributed by atoms with Crippen LogP contribution in [0.15, 0.2) is 18.2 Å². The number of hydrogen-bond acceptors (Lipinski definition) is 1. The van der Waals surface area contributed by atoms with Gasteiger partial charge in [-0.1, -0.05) is 18.6 Å². The van der Waals surface area contributed by atoms with Crippen LogP contribution in [0.3, 0.4) is 0 Å². The minimum absolute atomic E-state index is 0.178. The number of likely N-dealkylation sites (tertiary alicyclic amines) is 1. The van der Waals surface area contributed by atoms with E-state index in [0.717, 1.165) is 18.5 Å². The van der Waals surface area contributed by atoms with E-state index in [1.54, 1.807) is 17.0 Å². The molecule has 2 unspecified atom stereocenters. The van der Waals surface area contributed by atoms with Crippen LogP contribution >= 0.6 is 0 Å². The Hall–Kier alpha value is -1.38. The zero-order valence-corrected chi connectivity index (χ0v) is 10.5. The number of carbonyl (C=O) groups is 1. The SMILES string of the molecule is Cc1ccc(F)c(C(=O)N2CC(C)CC2C)c1. The van der Waals surface area contributed by atoms with Crippen LogP contribution in [0.2, 0.25) is 0 Å². The summed E-state index contributed by atoms with van der Waals surface area (Å²) in [6.45, 7) is 6.74. The van der Waals surface area contributed by atoms with Crippen LogP contribution in [0.5, 0.6) is 0 Å². The van der Waals surface area contributed by atoms with Gasteiger partial charge in [-0.05, 0) is 38.3 Å². The molecule has 2 nitrogen and oxygen atoms in total. The van der Waals surface area contributed by atoms with E-state index >= 15 is 0 Å². The molecule has 1 aliphatic rings. The number of nitrogens with zero attached hydrogens (tertiary/aromatic N) is 1. The Morgan fingerprint density at radius 1 is 1.41 bits per heavy atom. The van der Waals surface area contributed by atoms with Crippen molar-refractivity contribution in [2.24, 2.45) is 5.92 Å². The molecule has 0 spiro atoms. The lowest BCUT2D eigenvalue weighted by Crippen LogP contribution is -2.34. The molecular formula is C14H18FNO. The standard InChI is InChI=1S/C14H18FNO/c1-9-4-5-13(15)12(7-9)14(17)16-8-10(2)6-11(16)3/h4-5,7,10-11H,6,8H2,1-3H3. The monoisotopic (exact) mass is 235 g/mol. The second kappa shape index (κ2) is 4.47. The Morgan fingerprint density at radius 3 is 2.71 bits per heavy atom. The number of hydrogen-bond donors (Lipinski definition) is 0. The van der Waals surface area contributed by atoms with E-state index in [2.05, 4.69) is 6.92 Å². The summed E-state index contributed by atoms with van der Waals surface area (Å²) in [6, 6.07) is 4.89. The Balaban J connectivity index is 2.28. The van der Waals surface area contributed by atoms with E-state index in [4.69, 9.17) is 0 Å². The Labute approximate surface area is 101 Å². The van der Waals surface area contributed by atoms with Crippen LogP contribution < -0.4 is 0 Å². The summed E-state index contributed by atoms with van der Waals surface area (Å²) < 4.78 is 13.7. The van der Waals surface area contributed by atoms with Crippen molar-refractivity contribution in [1.29, 1.82) is 0 Å². The molecule has 1 aromatic rings. The van der Waals surface area contributed by atoms with E-state index in [0.29, 0.717) is 5.92 Å². The Bertz CT molecular complexity index is 444. The largest absolute Gasteiger partial charge is 0.336 e. The maximum atomic E-state index is 13.7. The second-order valence-corrected chi connectivity index (χ2v) is 5.13. The third-order valence-corrected chi connectivity index (χ3v) is 3.40. The molecule has 0 N–H and O–H groups in total. The van der Waals surface area contributed by atoms with E-state index < -0.39 is 5.82 Å². The van der Waals surface area contributed by atoms with Crippen LogP contribution in [0.4, 0.5) is 4.39 Å². The molecule has 1 fully saturated rings. The van der Waals surface area contributed by atoms with Crippen LogP contribution in [0.25, 0.3) is 0 Å². The topological polar surface area (TPSA) is 20.3 Å². The molecule has 3 heteroatoms. The quantitative estimate of drug-likeness (QED) is 0.732. The van der Waals surface area contributed by atoms with Crippen molar-refractivity contribution < 1.29 is 9.18 Å². The average Bonchev–Trinajstić information content (AvgIpc) is 2.60. The van der Waals surface area contributed by atoms with Crippen LogP contribution in [0, 0.1) is 18.7 Å². The fourth-order valence-corrected chi connectivity index (χ4v) is 2.54. The maximum Gasteiger partial charge on any atom is 0.257 e. The Morgan fingerprint density at radius 2 is 2.12 bits per heavy atom. The lowest BCUT2D eigenvalue weighted by Gasteiger charge is -2.22. The average molecular weight is 235 g/mol. The van der Waals surface area contributed by atoms with E-state index in [1.165, 1.54) is 6.07 Å². The van der Waals surface area contributed by atoms with Gasteiger partial charge in [-0.25, -0.2) is 4.39 Å². The van der Waals surface area contributed by atoms with Gasteiger partial charge >= 0.3 is 0 Å². The van der Waals surface area contributed by atoms with Crippen molar-refractivity contribution in [2.75, 3.05) is 6.54 Å². The number of halogens is 1. The van der Waals surface area contributed by atoms with Crippen molar-refractivity contribution in [1.82, 2.24) is 4.90 Å². The smallest absolute Gasteiger partial charge is 0.257 e. The van der Waals surface area contributed by atoms with Crippen LogP contribution in [-0.2, 0) is 0 Å². The van der Waals surface area contributed by atoms with Crippen molar-refractivity contribution in [3.8, 4) is 0 Å². The highest BCUT2D eigenvalue weighted by Crippen LogP contribution is 2.25. The van der Waals surface area contributed by atoms with Crippen molar-refractivity contribution >= 4 is 5.91 Å². The number of carbonyl (C=O) groups excluding carboxylic acids is 1. The van der Waals surface area contributed by atoms with Gasteiger partial charge in [0.05, 0.1) is 5.56 Å². The fourth-order valence-electron chi connectivity index (χ4n) is 2.54. The van der Waals surface area contributed by atoms with E-state index in [9.17, 15) is 9.18 Å². The molecule has 1 amide bonds. The zero-order chi connectivity index (χ0) is 12.6. The molecular weight excluding hydrogens is 217 g/mol. The molecule has 92 valence electrons. The molecule has 1 saturated heterocycles. The van der Waals surface area contributed by atoms with Crippen LogP contribution in [0.1, 0.15) is 36.2 Å². The highest BCUT2D eigenvalue weighted by Gasteiger charge is 2.31. The van der Waals surface area contributed by atoms with Gasteiger partial charge in [0.2, 0.25) is 0 Å². The lowest BCUT2D eigenvalue weighted by atomic mass is 10.1. The normalized spacial score (nSPS) is 24.1. The molecule has 17 heavy (non-hydrogen) atoms. The van der Waals surface area contributed by atoms with Crippen molar-refractivity contribution in [3.05, 3.63) is 35.1 Å². The summed E-state index contributed by atoms with van der Waals surface area (Å²) in [5.74, 6) is -0.0998.